The number of aliphatic carboxylic acids is 1. The summed E-state index contributed by atoms with van der Waals surface area (Å²) in [6.45, 7) is 18.6. The molecule has 19 heteroatoms. The van der Waals surface area contributed by atoms with Crippen molar-refractivity contribution in [3.8, 4) is 0 Å². The van der Waals surface area contributed by atoms with Crippen LogP contribution in [-0.2, 0) is 24.9 Å². The van der Waals surface area contributed by atoms with Gasteiger partial charge in [0.25, 0.3) is 0 Å². The number of carbonyl (C=O) groups excluding carboxylic acids is 6. The summed E-state index contributed by atoms with van der Waals surface area (Å²) in [5.74, 6) is -2.26. The van der Waals surface area contributed by atoms with Crippen LogP contribution in [0.25, 0.3) is 0 Å². The zero-order valence-corrected chi connectivity index (χ0v) is 48.3. The fourth-order valence-electron chi connectivity index (χ4n) is 7.56. The molecule has 0 bridgehead atoms. The molecular weight excluding hydrogens is 1040 g/mol. The number of hydrogen-bond acceptors (Lipinski definition) is 17. The number of ketones is 3. The minimum Gasteiger partial charge on any atom is -0.870 e. The number of carbonyl (C=O) groups is 5. The maximum atomic E-state index is 11.9. The van der Waals surface area contributed by atoms with E-state index in [0.717, 1.165) is 76.4 Å². The Bertz CT molecular complexity index is 2690. The van der Waals surface area contributed by atoms with E-state index in [2.05, 4.69) is 68.5 Å². The maximum absolute atomic E-state index is 11.9. The molecule has 0 amide bonds. The summed E-state index contributed by atoms with van der Waals surface area (Å²) in [5, 5.41) is 19.5. The van der Waals surface area contributed by atoms with Crippen LogP contribution in [0, 0.1) is 12.1 Å². The molecule has 1 fully saturated rings. The molecule has 18 nitrogen and oxygen atoms in total. The third-order valence-corrected chi connectivity index (χ3v) is 11.4. The van der Waals surface area contributed by atoms with Crippen LogP contribution in [0.15, 0.2) is 184 Å². The van der Waals surface area contributed by atoms with Gasteiger partial charge in [-0.05, 0) is 125 Å². The van der Waals surface area contributed by atoms with Crippen molar-refractivity contribution in [2.75, 3.05) is 19.6 Å². The number of carboxylic acids is 1. The van der Waals surface area contributed by atoms with Crippen LogP contribution in [0.1, 0.15) is 135 Å². The average molecular weight is 1120 g/mol. The van der Waals surface area contributed by atoms with E-state index >= 15 is 0 Å². The van der Waals surface area contributed by atoms with Crippen molar-refractivity contribution in [1.29, 1.82) is 0 Å². The van der Waals surface area contributed by atoms with E-state index in [1.54, 1.807) is 103 Å². The Morgan fingerprint density at radius 1 is 0.750 bits per heavy atom. The standard InChI is InChI=1S/C13H15NO3.C12H11N2O.C12H15NO.C11H14N2O.C9H10N2.C2H4O.CO2.CH4.K.H2O/c1-2-3-4-7-11(13(16)17)12(15)10-6-5-8-14-9-10;1-2-14-7-5-11(9-14)12(15)10-4-3-6-13-8-10;1-2-3-4-5-8-12(14)11-7-6-9-13-10-11;1-2-13-8-4-6-11(13,14)10-5-3-7-12-9-10;1-3-8(7-10-5-1)9-4-2-6-11-9;1-2-3;2-1-3;;;/h2,5-6,8-9,11H,1,3-4,7H2,(H,16,17);2-4,6,8H,1,5,7H2;2,6-7,9-10H,1,3-5,8H2;2-3,5,7,9,14H,1,4,6,8H2;1,3,5,7H,2,4,6H2;2H,1H3;;1H4;;1H2/q;-1;;;;;;;+1;. The third-order valence-electron chi connectivity index (χ3n) is 11.4. The molecule has 3 aliphatic heterocycles. The zero-order chi connectivity index (χ0) is 56.5. The van der Waals surface area contributed by atoms with Crippen LogP contribution in [0.5, 0.6) is 0 Å². The number of allylic oxidation sites excluding steroid dienone is 2. The zero-order valence-electron chi connectivity index (χ0n) is 46.2. The number of rotatable bonds is 19. The second-order valence-electron chi connectivity index (χ2n) is 16.7. The van der Waals surface area contributed by atoms with Gasteiger partial charge in [-0.1, -0.05) is 56.1 Å². The molecule has 3 N–H and O–H groups in total. The Morgan fingerprint density at radius 2 is 1.29 bits per heavy atom. The molecular formula is C61H75KN8O10. The third kappa shape index (κ3) is 28.1. The first kappa shape index (κ1) is 74.9. The van der Waals surface area contributed by atoms with Crippen LogP contribution >= 0.6 is 0 Å². The van der Waals surface area contributed by atoms with Gasteiger partial charge < -0.3 is 35.1 Å². The number of carboxylic acid groups (broad SMARTS) is 1. The summed E-state index contributed by atoms with van der Waals surface area (Å²) in [7, 11) is 0. The second kappa shape index (κ2) is 45.6. The molecule has 3 aliphatic rings. The normalized spacial score (nSPS) is 14.2. The van der Waals surface area contributed by atoms with E-state index in [4.69, 9.17) is 19.5 Å². The monoisotopic (exact) mass is 1120 g/mol. The van der Waals surface area contributed by atoms with Crippen molar-refractivity contribution < 1.29 is 102 Å². The number of aromatic nitrogens is 5. The molecule has 1 saturated heterocycles. The SMILES string of the molecule is C.C=CCCCC(C(=O)O)C(=O)c1cccnc1.C=CCCCCC(=O)c1cccnc1.C=CN1CCCC1(O)c1cccnc1.C=CN1[C-]=C(C(=O)c2cccnc2)CC1.CC=O.O=C=O.[H+].[K+].[OH-].c1cncc(C2=NCCC2)c1. The molecule has 8 rings (SSSR count). The molecule has 0 radical (unpaired) electrons. The van der Waals surface area contributed by atoms with Gasteiger partial charge in [-0.25, -0.2) is 0 Å². The number of hydrogen-bond donors (Lipinski definition) is 2. The maximum Gasteiger partial charge on any atom is 1.00 e. The Balaban J connectivity index is -0.000000908. The summed E-state index contributed by atoms with van der Waals surface area (Å²) in [5.41, 5.74) is 4.73. The Labute approximate surface area is 514 Å². The topological polar surface area (TPSA) is 273 Å². The summed E-state index contributed by atoms with van der Waals surface area (Å²) >= 11 is 0. The van der Waals surface area contributed by atoms with Crippen molar-refractivity contribution in [2.24, 2.45) is 10.9 Å². The number of unbranched alkanes of at least 4 members (excludes halogenated alkanes) is 3. The fourth-order valence-corrected chi connectivity index (χ4v) is 7.56. The van der Waals surface area contributed by atoms with E-state index in [9.17, 15) is 24.3 Å². The van der Waals surface area contributed by atoms with Crippen molar-refractivity contribution in [1.82, 2.24) is 34.7 Å². The van der Waals surface area contributed by atoms with Crippen LogP contribution in [0.2, 0.25) is 0 Å². The minimum absolute atomic E-state index is 0. The van der Waals surface area contributed by atoms with E-state index in [1.807, 2.05) is 41.4 Å². The van der Waals surface area contributed by atoms with Gasteiger partial charge >= 0.3 is 64.9 Å². The number of likely N-dealkylation sites (tertiary alicyclic amines) is 1. The van der Waals surface area contributed by atoms with Crippen LogP contribution < -0.4 is 51.4 Å². The van der Waals surface area contributed by atoms with Gasteiger partial charge in [-0.2, -0.15) is 9.59 Å². The molecule has 0 aromatic carbocycles. The Hall–Kier alpha value is -7.19. The van der Waals surface area contributed by atoms with Gasteiger partial charge in [0, 0.05) is 122 Å². The number of pyridine rings is 5. The number of nitrogens with zero attached hydrogens (tertiary/aromatic N) is 8. The molecule has 80 heavy (non-hydrogen) atoms. The number of Topliss-reactive ketones (excluding diaryl/α,β-unsaturated/α-hetero) is 3. The molecule has 0 aliphatic carbocycles. The molecule has 2 atom stereocenters. The van der Waals surface area contributed by atoms with Gasteiger partial charge in [0.05, 0.1) is 5.78 Å². The largest absolute Gasteiger partial charge is 1.00 e. The summed E-state index contributed by atoms with van der Waals surface area (Å²) < 4.78 is 0. The minimum atomic E-state index is -1.08. The van der Waals surface area contributed by atoms with Crippen molar-refractivity contribution in [3.63, 3.8) is 0 Å². The number of aliphatic imine (C=N–C) groups is 1. The second-order valence-corrected chi connectivity index (χ2v) is 16.7. The van der Waals surface area contributed by atoms with Gasteiger partial charge in [-0.15, -0.1) is 25.9 Å². The first-order valence-corrected chi connectivity index (χ1v) is 25.0. The van der Waals surface area contributed by atoms with Crippen LogP contribution in [-0.4, -0.2) is 112 Å². The first-order valence-electron chi connectivity index (χ1n) is 25.0. The van der Waals surface area contributed by atoms with Crippen molar-refractivity contribution >= 4 is 41.5 Å². The Morgan fingerprint density at radius 3 is 1.75 bits per heavy atom. The van der Waals surface area contributed by atoms with Crippen LogP contribution in [0.4, 0.5) is 0 Å². The predicted molar refractivity (Wildman–Crippen MR) is 303 cm³/mol. The predicted octanol–water partition coefficient (Wildman–Crippen LogP) is 7.46. The van der Waals surface area contributed by atoms with Crippen molar-refractivity contribution in [3.05, 3.63) is 213 Å². The van der Waals surface area contributed by atoms with Crippen LogP contribution in [0.3, 0.4) is 0 Å². The molecule has 0 saturated carbocycles. The average Bonchev–Trinajstić information content (AvgIpc) is 4.29. The quantitative estimate of drug-likeness (QED) is 0.0154. The first-order chi connectivity index (χ1) is 37.4. The van der Waals surface area contributed by atoms with Crippen molar-refractivity contribution in [2.45, 2.75) is 97.1 Å². The van der Waals surface area contributed by atoms with E-state index in [1.165, 1.54) is 30.8 Å². The van der Waals surface area contributed by atoms with E-state index in [0.29, 0.717) is 47.9 Å². The molecule has 5 aromatic rings. The van der Waals surface area contributed by atoms with Gasteiger partial charge in [-0.3, -0.25) is 44.3 Å². The molecule has 0 spiro atoms. The smallest absolute Gasteiger partial charge is 0.870 e. The summed E-state index contributed by atoms with van der Waals surface area (Å²) in [6.07, 6.45) is 37.5. The number of aldehydes is 1. The molecule has 2 unspecified atom stereocenters. The van der Waals surface area contributed by atoms with Gasteiger partial charge in [0.2, 0.25) is 0 Å². The van der Waals surface area contributed by atoms with Gasteiger partial charge in [0.1, 0.15) is 12.2 Å². The number of aliphatic hydroxyl groups is 1. The van der Waals surface area contributed by atoms with E-state index < -0.39 is 17.6 Å². The Kier molecular flexibility index (Phi) is 42.7. The molecule has 5 aromatic heterocycles. The summed E-state index contributed by atoms with van der Waals surface area (Å²) in [4.78, 5) is 99.2. The summed E-state index contributed by atoms with van der Waals surface area (Å²) in [6, 6.07) is 18.1. The fraction of sp³-hybridized carbons (Fsp3) is 0.311. The van der Waals surface area contributed by atoms with E-state index in [-0.39, 0.29) is 89.2 Å². The molecule has 8 heterocycles. The van der Waals surface area contributed by atoms with Gasteiger partial charge in [0.15, 0.2) is 17.3 Å². The molecule has 420 valence electrons.